The third-order valence-corrected chi connectivity index (χ3v) is 6.73. The van der Waals surface area contributed by atoms with Crippen LogP contribution in [0.2, 0.25) is 0 Å². The van der Waals surface area contributed by atoms with E-state index in [0.717, 1.165) is 33.4 Å². The fourth-order valence-electron chi connectivity index (χ4n) is 5.06. The van der Waals surface area contributed by atoms with Crippen molar-refractivity contribution < 1.29 is 4.42 Å². The van der Waals surface area contributed by atoms with E-state index in [9.17, 15) is 0 Å². The molecule has 0 bridgehead atoms. The van der Waals surface area contributed by atoms with Gasteiger partial charge in [-0.05, 0) is 46.5 Å². The molecule has 0 spiro atoms. The molecular weight excluding hydrogens is 442 g/mol. The minimum absolute atomic E-state index is 0.500. The molecule has 0 aliphatic heterocycles. The molecule has 0 aliphatic carbocycles. The minimum Gasteiger partial charge on any atom is -0.423 e. The van der Waals surface area contributed by atoms with Crippen LogP contribution in [0.1, 0.15) is 0 Å². The average molecular weight is 464 g/mol. The molecule has 36 heavy (non-hydrogen) atoms. The van der Waals surface area contributed by atoms with Crippen LogP contribution >= 0.6 is 0 Å². The van der Waals surface area contributed by atoms with Gasteiger partial charge in [-0.15, -0.1) is 10.2 Å². The van der Waals surface area contributed by atoms with E-state index in [4.69, 9.17) is 4.42 Å². The van der Waals surface area contributed by atoms with Crippen molar-refractivity contribution in [2.45, 2.75) is 0 Å². The highest BCUT2D eigenvalue weighted by atomic mass is 16.4. The second-order valence-corrected chi connectivity index (χ2v) is 8.79. The lowest BCUT2D eigenvalue weighted by Crippen LogP contribution is -1.96. The molecule has 4 nitrogen and oxygen atoms in total. The first-order valence-electron chi connectivity index (χ1n) is 11.9. The lowest BCUT2D eigenvalue weighted by Gasteiger charge is -2.13. The third-order valence-electron chi connectivity index (χ3n) is 6.73. The zero-order chi connectivity index (χ0) is 23.9. The second kappa shape index (κ2) is 8.36. The SMILES string of the molecule is c1ccc(-c2ccc(-c3ccc(-n4c5ccccc5c5ccccc54)cc3-c3nnco3)cc2)cc1. The normalized spacial score (nSPS) is 11.3. The Labute approximate surface area is 208 Å². The lowest BCUT2D eigenvalue weighted by molar-refractivity contribution is 0.569. The van der Waals surface area contributed by atoms with E-state index in [0.29, 0.717) is 5.89 Å². The van der Waals surface area contributed by atoms with Crippen LogP contribution in [0.15, 0.2) is 132 Å². The Morgan fingerprint density at radius 2 is 1.14 bits per heavy atom. The number of rotatable bonds is 4. The summed E-state index contributed by atoms with van der Waals surface area (Å²) >= 11 is 0. The average Bonchev–Trinajstić information content (AvgIpc) is 3.60. The quantitative estimate of drug-likeness (QED) is 0.264. The zero-order valence-corrected chi connectivity index (χ0v) is 19.4. The summed E-state index contributed by atoms with van der Waals surface area (Å²) in [7, 11) is 0. The molecule has 0 radical (unpaired) electrons. The summed E-state index contributed by atoms with van der Waals surface area (Å²) < 4.78 is 7.99. The topological polar surface area (TPSA) is 43.9 Å². The molecule has 7 rings (SSSR count). The summed E-state index contributed by atoms with van der Waals surface area (Å²) in [5.74, 6) is 0.500. The fraction of sp³-hybridized carbons (Fsp3) is 0. The maximum Gasteiger partial charge on any atom is 0.248 e. The maximum atomic E-state index is 5.69. The van der Waals surface area contributed by atoms with Crippen molar-refractivity contribution in [2.24, 2.45) is 0 Å². The van der Waals surface area contributed by atoms with Gasteiger partial charge in [0.1, 0.15) is 0 Å². The Hall–Kier alpha value is -4.96. The molecule has 5 aromatic carbocycles. The van der Waals surface area contributed by atoms with E-state index in [2.05, 4.69) is 130 Å². The van der Waals surface area contributed by atoms with Gasteiger partial charge in [0.2, 0.25) is 12.3 Å². The van der Waals surface area contributed by atoms with Crippen LogP contribution in [0.25, 0.3) is 61.2 Å². The Morgan fingerprint density at radius 1 is 0.528 bits per heavy atom. The summed E-state index contributed by atoms with van der Waals surface area (Å²) in [6, 6.07) is 42.5. The van der Waals surface area contributed by atoms with E-state index in [1.807, 2.05) is 6.07 Å². The minimum atomic E-state index is 0.500. The highest BCUT2D eigenvalue weighted by Gasteiger charge is 2.17. The van der Waals surface area contributed by atoms with Crippen molar-refractivity contribution in [3.05, 3.63) is 128 Å². The lowest BCUT2D eigenvalue weighted by atomic mass is 9.96. The van der Waals surface area contributed by atoms with E-state index in [-0.39, 0.29) is 0 Å². The monoisotopic (exact) mass is 463 g/mol. The molecule has 0 amide bonds. The molecule has 2 aromatic heterocycles. The van der Waals surface area contributed by atoms with E-state index >= 15 is 0 Å². The molecule has 170 valence electrons. The highest BCUT2D eigenvalue weighted by Crippen LogP contribution is 2.37. The van der Waals surface area contributed by atoms with Crippen molar-refractivity contribution in [1.29, 1.82) is 0 Å². The van der Waals surface area contributed by atoms with Gasteiger partial charge in [0.15, 0.2) is 0 Å². The molecule has 0 unspecified atom stereocenters. The summed E-state index contributed by atoms with van der Waals surface area (Å²) in [5.41, 5.74) is 8.79. The van der Waals surface area contributed by atoms with Gasteiger partial charge in [-0.25, -0.2) is 0 Å². The summed E-state index contributed by atoms with van der Waals surface area (Å²) in [6.07, 6.45) is 1.38. The largest absolute Gasteiger partial charge is 0.423 e. The van der Waals surface area contributed by atoms with Crippen LogP contribution in [-0.2, 0) is 0 Å². The first-order valence-corrected chi connectivity index (χ1v) is 11.9. The predicted molar refractivity (Wildman–Crippen MR) is 145 cm³/mol. The highest BCUT2D eigenvalue weighted by molar-refractivity contribution is 6.09. The standard InChI is InChI=1S/C32H21N3O/c1-2-8-22(9-3-1)23-14-16-24(17-15-23)26-19-18-25(20-29(26)32-34-33-21-36-32)35-30-12-6-4-10-27(30)28-11-5-7-13-31(28)35/h1-21H. The molecule has 0 aliphatic rings. The number of aromatic nitrogens is 3. The number of nitrogens with zero attached hydrogens (tertiary/aromatic N) is 3. The van der Waals surface area contributed by atoms with Crippen molar-refractivity contribution in [2.75, 3.05) is 0 Å². The van der Waals surface area contributed by atoms with Crippen LogP contribution in [-0.4, -0.2) is 14.8 Å². The van der Waals surface area contributed by atoms with Gasteiger partial charge < -0.3 is 8.98 Å². The van der Waals surface area contributed by atoms with Gasteiger partial charge in [0.25, 0.3) is 0 Å². The van der Waals surface area contributed by atoms with E-state index < -0.39 is 0 Å². The molecule has 7 aromatic rings. The number of hydrogen-bond donors (Lipinski definition) is 0. The van der Waals surface area contributed by atoms with Crippen molar-refractivity contribution in [1.82, 2.24) is 14.8 Å². The molecule has 0 saturated heterocycles. The van der Waals surface area contributed by atoms with Gasteiger partial charge in [0, 0.05) is 22.0 Å². The van der Waals surface area contributed by atoms with Crippen LogP contribution in [0, 0.1) is 0 Å². The number of hydrogen-bond acceptors (Lipinski definition) is 3. The van der Waals surface area contributed by atoms with Crippen LogP contribution in [0.3, 0.4) is 0 Å². The molecule has 0 saturated carbocycles. The van der Waals surface area contributed by atoms with Crippen molar-refractivity contribution in [3.63, 3.8) is 0 Å². The van der Waals surface area contributed by atoms with Crippen LogP contribution < -0.4 is 0 Å². The van der Waals surface area contributed by atoms with Crippen LogP contribution in [0.4, 0.5) is 0 Å². The smallest absolute Gasteiger partial charge is 0.248 e. The van der Waals surface area contributed by atoms with Crippen molar-refractivity contribution in [3.8, 4) is 39.4 Å². The molecular formula is C32H21N3O. The third kappa shape index (κ3) is 3.31. The Kier molecular flexibility index (Phi) is 4.74. The molecule has 2 heterocycles. The summed E-state index contributed by atoms with van der Waals surface area (Å²) in [6.45, 7) is 0. The van der Waals surface area contributed by atoms with E-state index in [1.165, 1.54) is 28.3 Å². The molecule has 0 fully saturated rings. The molecule has 4 heteroatoms. The predicted octanol–water partition coefficient (Wildman–Crippen LogP) is 8.17. The molecule has 0 atom stereocenters. The Balaban J connectivity index is 1.41. The first-order chi connectivity index (χ1) is 17.9. The fourth-order valence-corrected chi connectivity index (χ4v) is 5.06. The second-order valence-electron chi connectivity index (χ2n) is 8.79. The maximum absolute atomic E-state index is 5.69. The van der Waals surface area contributed by atoms with Crippen molar-refractivity contribution >= 4 is 21.8 Å². The number of benzene rings is 5. The van der Waals surface area contributed by atoms with Gasteiger partial charge in [-0.2, -0.15) is 0 Å². The molecule has 0 N–H and O–H groups in total. The Bertz CT molecular complexity index is 1760. The van der Waals surface area contributed by atoms with Gasteiger partial charge in [0.05, 0.1) is 11.0 Å². The van der Waals surface area contributed by atoms with Crippen LogP contribution in [0.5, 0.6) is 0 Å². The zero-order valence-electron chi connectivity index (χ0n) is 19.4. The number of fused-ring (bicyclic) bond motifs is 3. The van der Waals surface area contributed by atoms with Gasteiger partial charge in [-0.3, -0.25) is 0 Å². The number of para-hydroxylation sites is 2. The Morgan fingerprint density at radius 3 is 1.81 bits per heavy atom. The van der Waals surface area contributed by atoms with Gasteiger partial charge in [-0.1, -0.05) is 97.1 Å². The summed E-state index contributed by atoms with van der Waals surface area (Å²) in [4.78, 5) is 0. The first kappa shape index (κ1) is 20.4. The van der Waals surface area contributed by atoms with Gasteiger partial charge >= 0.3 is 0 Å². The summed E-state index contributed by atoms with van der Waals surface area (Å²) in [5, 5.41) is 10.7. The van der Waals surface area contributed by atoms with E-state index in [1.54, 1.807) is 0 Å².